The topological polar surface area (TPSA) is 51.6 Å². The summed E-state index contributed by atoms with van der Waals surface area (Å²) in [4.78, 5) is 2.45. The van der Waals surface area contributed by atoms with Crippen molar-refractivity contribution < 1.29 is 9.47 Å². The Balaban J connectivity index is 1.24. The second-order valence-electron chi connectivity index (χ2n) is 7.86. The van der Waals surface area contributed by atoms with Crippen LogP contribution in [-0.2, 0) is 23.1 Å². The fourth-order valence-electron chi connectivity index (χ4n) is 4.62. The van der Waals surface area contributed by atoms with Crippen LogP contribution in [0.3, 0.4) is 0 Å². The highest BCUT2D eigenvalue weighted by molar-refractivity contribution is 5.21. The molecule has 1 aliphatic carbocycles. The molecule has 6 nitrogen and oxygen atoms in total. The van der Waals surface area contributed by atoms with E-state index in [9.17, 15) is 0 Å². The fourth-order valence-corrected chi connectivity index (χ4v) is 4.62. The minimum Gasteiger partial charge on any atom is -0.346 e. The molecular weight excluding hydrogens is 316 g/mol. The van der Waals surface area contributed by atoms with E-state index in [1.165, 1.54) is 43.4 Å². The number of hydrogen-bond acceptors (Lipinski definition) is 5. The molecular formula is C19H32N4O2. The van der Waals surface area contributed by atoms with Crippen LogP contribution in [0.15, 0.2) is 6.20 Å². The molecule has 6 heteroatoms. The number of likely N-dealkylation sites (tertiary alicyclic amines) is 1. The first kappa shape index (κ1) is 17.5. The lowest BCUT2D eigenvalue weighted by Crippen LogP contribution is -2.36. The van der Waals surface area contributed by atoms with Gasteiger partial charge in [-0.05, 0) is 12.8 Å². The summed E-state index contributed by atoms with van der Waals surface area (Å²) in [6.07, 6.45) is 9.91. The maximum absolute atomic E-state index is 5.80. The first-order valence-electron chi connectivity index (χ1n) is 9.97. The second-order valence-corrected chi connectivity index (χ2v) is 7.86. The molecule has 1 aromatic heterocycles. The first-order chi connectivity index (χ1) is 12.2. The van der Waals surface area contributed by atoms with Gasteiger partial charge >= 0.3 is 0 Å². The van der Waals surface area contributed by atoms with Gasteiger partial charge in [0.2, 0.25) is 0 Å². The van der Waals surface area contributed by atoms with E-state index in [1.54, 1.807) is 0 Å². The third-order valence-corrected chi connectivity index (χ3v) is 5.94. The van der Waals surface area contributed by atoms with E-state index in [4.69, 9.17) is 14.6 Å². The SMILES string of the molecule is Cn1cc(CNCCN2CCC3(C2)OCCO3)c(C2CCCCC2)n1. The lowest BCUT2D eigenvalue weighted by Gasteiger charge is -2.22. The molecule has 2 aliphatic heterocycles. The molecule has 140 valence electrons. The van der Waals surface area contributed by atoms with Gasteiger partial charge in [0.05, 0.1) is 25.5 Å². The fraction of sp³-hybridized carbons (Fsp3) is 0.842. The van der Waals surface area contributed by atoms with Crippen LogP contribution in [0.1, 0.15) is 55.7 Å². The average molecular weight is 348 g/mol. The Morgan fingerprint density at radius 1 is 1.24 bits per heavy atom. The molecule has 0 aromatic carbocycles. The van der Waals surface area contributed by atoms with Crippen molar-refractivity contribution >= 4 is 0 Å². The number of aromatic nitrogens is 2. The van der Waals surface area contributed by atoms with Gasteiger partial charge in [-0.3, -0.25) is 9.58 Å². The van der Waals surface area contributed by atoms with Crippen LogP contribution in [0, 0.1) is 0 Å². The maximum Gasteiger partial charge on any atom is 0.182 e. The van der Waals surface area contributed by atoms with Crippen LogP contribution >= 0.6 is 0 Å². The molecule has 0 bridgehead atoms. The Bertz CT molecular complexity index is 562. The van der Waals surface area contributed by atoms with E-state index in [0.717, 1.165) is 52.4 Å². The zero-order valence-corrected chi connectivity index (χ0v) is 15.5. The molecule has 3 heterocycles. The van der Waals surface area contributed by atoms with Crippen molar-refractivity contribution in [1.29, 1.82) is 0 Å². The van der Waals surface area contributed by atoms with Gasteiger partial charge in [-0.2, -0.15) is 5.10 Å². The number of nitrogens with one attached hydrogen (secondary N) is 1. The number of nitrogens with zero attached hydrogens (tertiary/aromatic N) is 3. The number of ether oxygens (including phenoxy) is 2. The summed E-state index contributed by atoms with van der Waals surface area (Å²) in [5, 5.41) is 8.40. The van der Waals surface area contributed by atoms with E-state index in [-0.39, 0.29) is 5.79 Å². The summed E-state index contributed by atoms with van der Waals surface area (Å²) in [7, 11) is 2.04. The van der Waals surface area contributed by atoms with Crippen LogP contribution in [0.5, 0.6) is 0 Å². The zero-order valence-electron chi connectivity index (χ0n) is 15.5. The van der Waals surface area contributed by atoms with Crippen LogP contribution in [-0.4, -0.2) is 59.9 Å². The summed E-state index contributed by atoms with van der Waals surface area (Å²) in [6, 6.07) is 0. The zero-order chi connectivity index (χ0) is 17.1. The Morgan fingerprint density at radius 3 is 2.84 bits per heavy atom. The summed E-state index contributed by atoms with van der Waals surface area (Å²) < 4.78 is 13.6. The third-order valence-electron chi connectivity index (χ3n) is 5.94. The van der Waals surface area contributed by atoms with Crippen LogP contribution in [0.25, 0.3) is 0 Å². The largest absolute Gasteiger partial charge is 0.346 e. The molecule has 0 unspecified atom stereocenters. The highest BCUT2D eigenvalue weighted by atomic mass is 16.7. The van der Waals surface area contributed by atoms with Gasteiger partial charge in [0.15, 0.2) is 5.79 Å². The van der Waals surface area contributed by atoms with E-state index >= 15 is 0 Å². The minimum absolute atomic E-state index is 0.294. The molecule has 0 atom stereocenters. The summed E-state index contributed by atoms with van der Waals surface area (Å²) >= 11 is 0. The number of aryl methyl sites for hydroxylation is 1. The minimum atomic E-state index is -0.294. The first-order valence-corrected chi connectivity index (χ1v) is 9.97. The van der Waals surface area contributed by atoms with Gasteiger partial charge in [0.1, 0.15) is 0 Å². The van der Waals surface area contributed by atoms with Crippen molar-refractivity contribution in [2.45, 2.75) is 56.8 Å². The third kappa shape index (κ3) is 4.08. The molecule has 3 fully saturated rings. The normalized spacial score (nSPS) is 24.5. The van der Waals surface area contributed by atoms with Crippen molar-refractivity contribution in [1.82, 2.24) is 20.0 Å². The highest BCUT2D eigenvalue weighted by Gasteiger charge is 2.42. The summed E-state index contributed by atoms with van der Waals surface area (Å²) in [6.45, 7) is 6.44. The summed E-state index contributed by atoms with van der Waals surface area (Å²) in [5.74, 6) is 0.374. The van der Waals surface area contributed by atoms with Crippen molar-refractivity contribution in [3.63, 3.8) is 0 Å². The van der Waals surface area contributed by atoms with Gasteiger partial charge < -0.3 is 14.8 Å². The van der Waals surface area contributed by atoms with E-state index in [0.29, 0.717) is 5.92 Å². The van der Waals surface area contributed by atoms with Gasteiger partial charge in [0, 0.05) is 57.3 Å². The molecule has 1 spiro atoms. The molecule has 25 heavy (non-hydrogen) atoms. The Hall–Kier alpha value is -0.950. The Labute approximate surface area is 150 Å². The maximum atomic E-state index is 5.80. The molecule has 3 aliphatic rings. The second kappa shape index (κ2) is 7.74. The quantitative estimate of drug-likeness (QED) is 0.797. The predicted molar refractivity (Wildman–Crippen MR) is 96.4 cm³/mol. The van der Waals surface area contributed by atoms with Crippen molar-refractivity contribution in [3.05, 3.63) is 17.5 Å². The molecule has 1 aromatic rings. The van der Waals surface area contributed by atoms with Crippen molar-refractivity contribution in [2.24, 2.45) is 7.05 Å². The van der Waals surface area contributed by atoms with E-state index in [2.05, 4.69) is 16.4 Å². The standard InChI is InChI=1S/C19H32N4O2/c1-22-14-17(18(21-22)16-5-3-2-4-6-16)13-20-8-10-23-9-7-19(15-23)24-11-12-25-19/h14,16,20H,2-13,15H2,1H3. The van der Waals surface area contributed by atoms with Gasteiger partial charge in [0.25, 0.3) is 0 Å². The highest BCUT2D eigenvalue weighted by Crippen LogP contribution is 2.33. The van der Waals surface area contributed by atoms with E-state index in [1.807, 2.05) is 11.7 Å². The van der Waals surface area contributed by atoms with Gasteiger partial charge in [-0.15, -0.1) is 0 Å². The van der Waals surface area contributed by atoms with Crippen LogP contribution in [0.4, 0.5) is 0 Å². The number of rotatable bonds is 6. The van der Waals surface area contributed by atoms with Gasteiger partial charge in [-0.1, -0.05) is 19.3 Å². The Kier molecular flexibility index (Phi) is 5.41. The Morgan fingerprint density at radius 2 is 2.04 bits per heavy atom. The lowest BCUT2D eigenvalue weighted by atomic mass is 9.85. The average Bonchev–Trinajstić information content (AvgIpc) is 3.35. The van der Waals surface area contributed by atoms with Gasteiger partial charge in [-0.25, -0.2) is 0 Å². The monoisotopic (exact) mass is 348 g/mol. The van der Waals surface area contributed by atoms with Crippen molar-refractivity contribution in [2.75, 3.05) is 39.4 Å². The molecule has 0 radical (unpaired) electrons. The van der Waals surface area contributed by atoms with Crippen molar-refractivity contribution in [3.8, 4) is 0 Å². The predicted octanol–water partition coefficient (Wildman–Crippen LogP) is 2.01. The van der Waals surface area contributed by atoms with Crippen LogP contribution in [0.2, 0.25) is 0 Å². The van der Waals surface area contributed by atoms with E-state index < -0.39 is 0 Å². The number of hydrogen-bond donors (Lipinski definition) is 1. The molecule has 4 rings (SSSR count). The molecule has 2 saturated heterocycles. The van der Waals surface area contributed by atoms with Crippen LogP contribution < -0.4 is 5.32 Å². The molecule has 1 N–H and O–H groups in total. The summed E-state index contributed by atoms with van der Waals surface area (Å²) in [5.41, 5.74) is 2.72. The molecule has 1 saturated carbocycles. The molecule has 0 amide bonds. The smallest absolute Gasteiger partial charge is 0.182 e. The lowest BCUT2D eigenvalue weighted by molar-refractivity contribution is -0.145.